The fourth-order valence-corrected chi connectivity index (χ4v) is 2.07. The zero-order valence-electron chi connectivity index (χ0n) is 11.2. The Hall–Kier alpha value is -2.15. The average Bonchev–Trinajstić information content (AvgIpc) is 2.91. The van der Waals surface area contributed by atoms with Crippen LogP contribution in [-0.4, -0.2) is 30.2 Å². The molecular formula is C13H17N3O4. The van der Waals surface area contributed by atoms with Crippen molar-refractivity contribution in [3.63, 3.8) is 0 Å². The number of nitrogens with zero attached hydrogens (tertiary/aromatic N) is 1. The third-order valence-corrected chi connectivity index (χ3v) is 3.18. The van der Waals surface area contributed by atoms with Crippen molar-refractivity contribution in [1.82, 2.24) is 5.32 Å². The predicted molar refractivity (Wildman–Crippen MR) is 73.8 cm³/mol. The highest BCUT2D eigenvalue weighted by Crippen LogP contribution is 2.22. The number of rotatable bonds is 4. The highest BCUT2D eigenvalue weighted by atomic mass is 16.6. The van der Waals surface area contributed by atoms with Crippen molar-refractivity contribution in [2.75, 3.05) is 18.5 Å². The second kappa shape index (κ2) is 6.33. The molecule has 1 fully saturated rings. The molecule has 1 aliphatic heterocycles. The Bertz CT molecular complexity index is 512. The monoisotopic (exact) mass is 279 g/mol. The van der Waals surface area contributed by atoms with Crippen LogP contribution in [0.25, 0.3) is 0 Å². The van der Waals surface area contributed by atoms with Gasteiger partial charge in [0.1, 0.15) is 0 Å². The molecule has 0 spiro atoms. The molecule has 20 heavy (non-hydrogen) atoms. The quantitative estimate of drug-likeness (QED) is 0.652. The average molecular weight is 279 g/mol. The minimum atomic E-state index is -0.467. The first-order valence-electron chi connectivity index (χ1n) is 6.48. The van der Waals surface area contributed by atoms with Crippen LogP contribution < -0.4 is 10.6 Å². The first-order chi connectivity index (χ1) is 9.56. The van der Waals surface area contributed by atoms with Gasteiger partial charge in [-0.1, -0.05) is 6.07 Å². The molecule has 1 atom stereocenters. The molecule has 1 saturated heterocycles. The van der Waals surface area contributed by atoms with E-state index in [2.05, 4.69) is 10.6 Å². The lowest BCUT2D eigenvalue weighted by atomic mass is 10.2. The van der Waals surface area contributed by atoms with Gasteiger partial charge in [-0.05, 0) is 25.8 Å². The minimum Gasteiger partial charge on any atom is -0.376 e. The van der Waals surface area contributed by atoms with Gasteiger partial charge in [0.15, 0.2) is 0 Å². The van der Waals surface area contributed by atoms with E-state index in [4.69, 9.17) is 4.74 Å². The molecule has 0 saturated carbocycles. The predicted octanol–water partition coefficient (Wildman–Crippen LogP) is 2.20. The minimum absolute atomic E-state index is 0.0121. The van der Waals surface area contributed by atoms with Crippen LogP contribution in [0.1, 0.15) is 18.4 Å². The van der Waals surface area contributed by atoms with Gasteiger partial charge in [-0.25, -0.2) is 4.79 Å². The normalized spacial score (nSPS) is 17.8. The van der Waals surface area contributed by atoms with Crippen molar-refractivity contribution in [2.24, 2.45) is 0 Å². The summed E-state index contributed by atoms with van der Waals surface area (Å²) < 4.78 is 5.39. The lowest BCUT2D eigenvalue weighted by Gasteiger charge is -2.11. The Labute approximate surface area is 116 Å². The number of carbonyl (C=O) groups excluding carboxylic acids is 1. The Morgan fingerprint density at radius 3 is 3.00 bits per heavy atom. The smallest absolute Gasteiger partial charge is 0.319 e. The molecule has 2 amide bonds. The fourth-order valence-electron chi connectivity index (χ4n) is 2.07. The summed E-state index contributed by atoms with van der Waals surface area (Å²) in [5.74, 6) is 0. The molecule has 7 heteroatoms. The number of aryl methyl sites for hydroxylation is 1. The van der Waals surface area contributed by atoms with E-state index in [1.807, 2.05) is 0 Å². The maximum atomic E-state index is 11.7. The third-order valence-electron chi connectivity index (χ3n) is 3.18. The summed E-state index contributed by atoms with van der Waals surface area (Å²) in [6, 6.07) is 4.20. The molecule has 2 rings (SSSR count). The van der Waals surface area contributed by atoms with E-state index >= 15 is 0 Å². The maximum Gasteiger partial charge on any atom is 0.319 e. The van der Waals surface area contributed by atoms with Crippen molar-refractivity contribution < 1.29 is 14.5 Å². The number of nitro groups is 1. The van der Waals surface area contributed by atoms with E-state index in [0.29, 0.717) is 17.8 Å². The summed E-state index contributed by atoms with van der Waals surface area (Å²) in [5, 5.41) is 16.1. The summed E-state index contributed by atoms with van der Waals surface area (Å²) in [6.07, 6.45) is 2.02. The lowest BCUT2D eigenvalue weighted by Crippen LogP contribution is -2.35. The maximum absolute atomic E-state index is 11.7. The topological polar surface area (TPSA) is 93.5 Å². The van der Waals surface area contributed by atoms with E-state index in [0.717, 1.165) is 19.4 Å². The molecule has 1 aromatic carbocycles. The van der Waals surface area contributed by atoms with Crippen LogP contribution in [0, 0.1) is 17.0 Å². The van der Waals surface area contributed by atoms with Crippen LogP contribution in [0.15, 0.2) is 18.2 Å². The first kappa shape index (κ1) is 14.3. The molecule has 1 aliphatic rings. The van der Waals surface area contributed by atoms with E-state index < -0.39 is 11.0 Å². The number of carbonyl (C=O) groups is 1. The van der Waals surface area contributed by atoms with Crippen LogP contribution in [0.5, 0.6) is 0 Å². The van der Waals surface area contributed by atoms with E-state index in [9.17, 15) is 14.9 Å². The van der Waals surface area contributed by atoms with E-state index in [1.54, 1.807) is 19.1 Å². The summed E-state index contributed by atoms with van der Waals surface area (Å²) in [4.78, 5) is 22.0. The molecule has 2 N–H and O–H groups in total. The second-order valence-electron chi connectivity index (χ2n) is 4.73. The van der Waals surface area contributed by atoms with Crippen molar-refractivity contribution in [3.05, 3.63) is 33.9 Å². The molecule has 0 aromatic heterocycles. The van der Waals surface area contributed by atoms with Gasteiger partial charge in [0.2, 0.25) is 0 Å². The highest BCUT2D eigenvalue weighted by molar-refractivity contribution is 5.89. The molecule has 1 heterocycles. The van der Waals surface area contributed by atoms with Crippen molar-refractivity contribution >= 4 is 17.4 Å². The first-order valence-corrected chi connectivity index (χ1v) is 6.48. The van der Waals surface area contributed by atoms with Crippen molar-refractivity contribution in [2.45, 2.75) is 25.9 Å². The lowest BCUT2D eigenvalue weighted by molar-refractivity contribution is -0.385. The summed E-state index contributed by atoms with van der Waals surface area (Å²) in [5.41, 5.74) is 0.939. The Balaban J connectivity index is 1.90. The number of hydrogen-bond donors (Lipinski definition) is 2. The van der Waals surface area contributed by atoms with Crippen LogP contribution in [0.2, 0.25) is 0 Å². The van der Waals surface area contributed by atoms with Crippen LogP contribution in [-0.2, 0) is 4.74 Å². The molecule has 1 aromatic rings. The SMILES string of the molecule is Cc1ccc(NC(=O)NC[C@@H]2CCCO2)cc1[N+](=O)[O-]. The van der Waals surface area contributed by atoms with Gasteiger partial charge in [0.05, 0.1) is 11.0 Å². The fraction of sp³-hybridized carbons (Fsp3) is 0.462. The van der Waals surface area contributed by atoms with Gasteiger partial charge in [-0.3, -0.25) is 10.1 Å². The van der Waals surface area contributed by atoms with Gasteiger partial charge in [0, 0.05) is 30.5 Å². The van der Waals surface area contributed by atoms with Gasteiger partial charge in [-0.15, -0.1) is 0 Å². The summed E-state index contributed by atoms with van der Waals surface area (Å²) >= 11 is 0. The largest absolute Gasteiger partial charge is 0.376 e. The zero-order chi connectivity index (χ0) is 14.5. The molecule has 0 radical (unpaired) electrons. The molecule has 0 aliphatic carbocycles. The van der Waals surface area contributed by atoms with E-state index in [-0.39, 0.29) is 11.8 Å². The standard InChI is InChI=1S/C13H17N3O4/c1-9-4-5-10(7-12(9)16(18)19)15-13(17)14-8-11-3-2-6-20-11/h4-5,7,11H,2-3,6,8H2,1H3,(H2,14,15,17)/t11-/m0/s1. The van der Waals surface area contributed by atoms with Crippen LogP contribution in [0.4, 0.5) is 16.2 Å². The van der Waals surface area contributed by atoms with Gasteiger partial charge < -0.3 is 15.4 Å². The van der Waals surface area contributed by atoms with Crippen LogP contribution in [0.3, 0.4) is 0 Å². The Morgan fingerprint density at radius 2 is 2.35 bits per heavy atom. The van der Waals surface area contributed by atoms with Gasteiger partial charge >= 0.3 is 6.03 Å². The number of ether oxygens (including phenoxy) is 1. The second-order valence-corrected chi connectivity index (χ2v) is 4.73. The summed E-state index contributed by atoms with van der Waals surface area (Å²) in [7, 11) is 0. The van der Waals surface area contributed by atoms with Crippen LogP contribution >= 0.6 is 0 Å². The van der Waals surface area contributed by atoms with Crippen molar-refractivity contribution in [1.29, 1.82) is 0 Å². The number of hydrogen-bond acceptors (Lipinski definition) is 4. The van der Waals surface area contributed by atoms with Crippen molar-refractivity contribution in [3.8, 4) is 0 Å². The molecule has 0 unspecified atom stereocenters. The molecule has 108 valence electrons. The zero-order valence-corrected chi connectivity index (χ0v) is 11.2. The molecule has 0 bridgehead atoms. The highest BCUT2D eigenvalue weighted by Gasteiger charge is 2.16. The number of amides is 2. The molecule has 7 nitrogen and oxygen atoms in total. The van der Waals surface area contributed by atoms with Gasteiger partial charge in [-0.2, -0.15) is 0 Å². The number of benzene rings is 1. The van der Waals surface area contributed by atoms with Gasteiger partial charge in [0.25, 0.3) is 5.69 Å². The molecular weight excluding hydrogens is 262 g/mol. The summed E-state index contributed by atoms with van der Waals surface area (Å²) in [6.45, 7) is 2.83. The number of nitro benzene ring substituents is 1. The van der Waals surface area contributed by atoms with E-state index in [1.165, 1.54) is 6.07 Å². The Morgan fingerprint density at radius 1 is 1.55 bits per heavy atom. The number of urea groups is 1. The number of anilines is 1. The number of nitrogens with one attached hydrogen (secondary N) is 2. The third kappa shape index (κ3) is 3.67. The Kier molecular flexibility index (Phi) is 4.52.